The number of oxazole rings is 1. The first-order chi connectivity index (χ1) is 24.1. The summed E-state index contributed by atoms with van der Waals surface area (Å²) in [5.74, 6) is -2.11. The lowest BCUT2D eigenvalue weighted by Crippen LogP contribution is -2.65. The number of rotatable bonds is 21. The lowest BCUT2D eigenvalue weighted by atomic mass is 9.81. The molecule has 1 aromatic rings. The van der Waals surface area contributed by atoms with E-state index in [1.54, 1.807) is 69.5 Å². The highest BCUT2D eigenvalue weighted by Gasteiger charge is 2.49. The quantitative estimate of drug-likeness (QED) is 0.0353. The summed E-state index contributed by atoms with van der Waals surface area (Å²) < 4.78 is 15.2. The number of ether oxygens (including phenoxy) is 2. The van der Waals surface area contributed by atoms with Gasteiger partial charge in [0, 0.05) is 40.3 Å². The highest BCUT2D eigenvalue weighted by atomic mass is 16.6. The number of hydrogen-bond acceptors (Lipinski definition) is 12. The number of aliphatic hydroxyl groups is 4. The Bertz CT molecular complexity index is 1440. The van der Waals surface area contributed by atoms with Crippen LogP contribution >= 0.6 is 0 Å². The summed E-state index contributed by atoms with van der Waals surface area (Å²) in [4.78, 5) is 42.9. The van der Waals surface area contributed by atoms with Crippen molar-refractivity contribution in [2.45, 2.75) is 64.4 Å². The largest absolute Gasteiger partial charge is 0.448 e. The minimum absolute atomic E-state index is 0.208. The second kappa shape index (κ2) is 22.4. The molecule has 0 aliphatic rings. The molecule has 0 saturated carbocycles. The third kappa shape index (κ3) is 13.6. The van der Waals surface area contributed by atoms with E-state index in [2.05, 4.69) is 10.3 Å². The molecule has 5 atom stereocenters. The molecule has 6 N–H and O–H groups in total. The molecule has 0 radical (unpaired) electrons. The number of likely N-dealkylation sites (N-methyl/N-ethyl adjacent to an activating group) is 1. The van der Waals surface area contributed by atoms with Crippen LogP contribution in [0.4, 0.5) is 0 Å². The Balaban J connectivity index is 2.64. The van der Waals surface area contributed by atoms with Gasteiger partial charge in [0.15, 0.2) is 12.7 Å². The van der Waals surface area contributed by atoms with Crippen molar-refractivity contribution in [2.75, 3.05) is 34.4 Å². The van der Waals surface area contributed by atoms with Crippen molar-refractivity contribution in [3.63, 3.8) is 0 Å². The topological polar surface area (TPSA) is 215 Å². The van der Waals surface area contributed by atoms with Gasteiger partial charge in [-0.3, -0.25) is 19.6 Å². The van der Waals surface area contributed by atoms with E-state index in [-0.39, 0.29) is 17.5 Å². The van der Waals surface area contributed by atoms with Gasteiger partial charge in [0.2, 0.25) is 5.91 Å². The monoisotopic (exact) mass is 716 g/mol. The molecule has 15 heteroatoms. The minimum atomic E-state index is -3.07. The van der Waals surface area contributed by atoms with Gasteiger partial charge in [-0.2, -0.15) is 5.06 Å². The van der Waals surface area contributed by atoms with Gasteiger partial charge in [-0.25, -0.2) is 4.98 Å². The Kier molecular flexibility index (Phi) is 19.5. The summed E-state index contributed by atoms with van der Waals surface area (Å²) in [6, 6.07) is -1.17. The average Bonchev–Trinajstić information content (AvgIpc) is 3.65. The van der Waals surface area contributed by atoms with Crippen LogP contribution in [-0.4, -0.2) is 123 Å². The second-order valence-electron chi connectivity index (χ2n) is 11.9. The van der Waals surface area contributed by atoms with Gasteiger partial charge in [0.25, 0.3) is 17.5 Å². The first-order valence-corrected chi connectivity index (χ1v) is 16.0. The number of amides is 3. The molecule has 1 heterocycles. The molecular weight excluding hydrogens is 664 g/mol. The molecule has 0 aliphatic heterocycles. The summed E-state index contributed by atoms with van der Waals surface area (Å²) >= 11 is 0. The van der Waals surface area contributed by atoms with Crippen molar-refractivity contribution in [3.8, 4) is 0 Å². The number of hydrogen-bond donors (Lipinski definition) is 6. The molecule has 0 aromatic carbocycles. The highest BCUT2D eigenvalue weighted by molar-refractivity contribution is 5.94. The van der Waals surface area contributed by atoms with Gasteiger partial charge in [0.05, 0.1) is 23.8 Å². The zero-order valence-corrected chi connectivity index (χ0v) is 30.1. The molecule has 51 heavy (non-hydrogen) atoms. The molecule has 0 bridgehead atoms. The van der Waals surface area contributed by atoms with Crippen molar-refractivity contribution >= 4 is 17.7 Å². The number of methoxy groups -OCH3 is 2. The van der Waals surface area contributed by atoms with Gasteiger partial charge in [-0.05, 0) is 33.3 Å². The smallest absolute Gasteiger partial charge is 0.281 e. The van der Waals surface area contributed by atoms with E-state index in [1.807, 2.05) is 18.2 Å². The van der Waals surface area contributed by atoms with E-state index < -0.39 is 54.1 Å². The summed E-state index contributed by atoms with van der Waals surface area (Å²) in [6.45, 7) is 5.43. The SMILES string of the molecule is COC(C)C(C(O)OC)N(C)C(=O)C(O)(CO)N(O)C(=O)/C=C/C=C/C=C/C=C\CNC(=O)C(C)(C)C(O)\C(C)=C/C=C\C=C\Cc1cnco1. The van der Waals surface area contributed by atoms with Crippen LogP contribution in [0.25, 0.3) is 0 Å². The van der Waals surface area contributed by atoms with Crippen molar-refractivity contribution in [1.29, 1.82) is 0 Å². The van der Waals surface area contributed by atoms with E-state index in [0.29, 0.717) is 12.0 Å². The molecule has 0 fully saturated rings. The zero-order valence-electron chi connectivity index (χ0n) is 30.1. The highest BCUT2D eigenvalue weighted by Crippen LogP contribution is 2.26. The van der Waals surface area contributed by atoms with E-state index in [4.69, 9.17) is 13.9 Å². The number of carbonyl (C=O) groups excluding carboxylic acids is 3. The van der Waals surface area contributed by atoms with Crippen LogP contribution in [0, 0.1) is 5.41 Å². The number of carbonyl (C=O) groups is 3. The van der Waals surface area contributed by atoms with Crippen molar-refractivity contribution in [2.24, 2.45) is 5.41 Å². The van der Waals surface area contributed by atoms with Crippen LogP contribution in [0.2, 0.25) is 0 Å². The molecule has 5 unspecified atom stereocenters. The Labute approximate surface area is 298 Å². The van der Waals surface area contributed by atoms with Crippen molar-refractivity contribution in [1.82, 2.24) is 20.3 Å². The van der Waals surface area contributed by atoms with E-state index in [9.17, 15) is 40.0 Å². The standard InChI is InChI=1S/C36H52N4O11/c1-26(19-15-12-13-16-20-28-23-37-25-51-28)31(43)35(3,4)33(45)38-22-18-14-10-8-9-11-17-21-29(42)40(48)36(47,24-41)34(46)39(5)30(27(2)49-6)32(44)50-7/h8-19,21,23,25,27,30-32,41,43-44,47-48H,20,22,24H2,1-7H3,(H,38,45)/b10-8+,11-9+,15-12-,16-13+,18-14-,21-17+,26-19-. The number of aliphatic hydroxyl groups excluding tert-OH is 3. The summed E-state index contributed by atoms with van der Waals surface area (Å²) in [5, 5.41) is 54.2. The number of nitrogens with zero attached hydrogens (tertiary/aromatic N) is 3. The average molecular weight is 717 g/mol. The van der Waals surface area contributed by atoms with Crippen LogP contribution in [0.15, 0.2) is 102 Å². The first kappa shape index (κ1) is 44.5. The Morgan fingerprint density at radius 1 is 1.00 bits per heavy atom. The van der Waals surface area contributed by atoms with Crippen LogP contribution in [0.3, 0.4) is 0 Å². The van der Waals surface area contributed by atoms with Gasteiger partial charge in [0.1, 0.15) is 18.4 Å². The molecule has 0 spiro atoms. The molecular formula is C36H52N4O11. The molecule has 1 aromatic heterocycles. The fraction of sp³-hybridized carbons (Fsp3) is 0.444. The Morgan fingerprint density at radius 2 is 1.61 bits per heavy atom. The van der Waals surface area contributed by atoms with E-state index >= 15 is 0 Å². The lowest BCUT2D eigenvalue weighted by Gasteiger charge is -2.40. The van der Waals surface area contributed by atoms with E-state index in [0.717, 1.165) is 16.7 Å². The third-order valence-corrected chi connectivity index (χ3v) is 7.81. The summed E-state index contributed by atoms with van der Waals surface area (Å²) in [5.41, 5.74) is -3.54. The summed E-state index contributed by atoms with van der Waals surface area (Å²) in [7, 11) is 3.68. The fourth-order valence-corrected chi connectivity index (χ4v) is 4.49. The van der Waals surface area contributed by atoms with Crippen LogP contribution < -0.4 is 5.32 Å². The number of aromatic nitrogens is 1. The van der Waals surface area contributed by atoms with Crippen LogP contribution in [-0.2, 0) is 30.3 Å². The predicted octanol–water partition coefficient (Wildman–Crippen LogP) is 1.73. The van der Waals surface area contributed by atoms with Crippen molar-refractivity contribution < 1.29 is 53.9 Å². The molecule has 0 aliphatic carbocycles. The molecule has 1 rings (SSSR count). The molecule has 15 nitrogen and oxygen atoms in total. The maximum absolute atomic E-state index is 13.0. The third-order valence-electron chi connectivity index (χ3n) is 7.81. The fourth-order valence-electron chi connectivity index (χ4n) is 4.49. The molecule has 0 saturated heterocycles. The van der Waals surface area contributed by atoms with Gasteiger partial charge in [-0.15, -0.1) is 0 Å². The minimum Gasteiger partial charge on any atom is -0.448 e. The second-order valence-corrected chi connectivity index (χ2v) is 11.9. The van der Waals surface area contributed by atoms with Crippen LogP contribution in [0.1, 0.15) is 33.5 Å². The maximum atomic E-state index is 13.0. The Morgan fingerprint density at radius 3 is 2.20 bits per heavy atom. The zero-order chi connectivity index (χ0) is 38.6. The van der Waals surface area contributed by atoms with Gasteiger partial charge < -0.3 is 44.5 Å². The molecule has 282 valence electrons. The normalized spacial score (nSPS) is 16.7. The number of hydroxylamine groups is 2. The predicted molar refractivity (Wildman–Crippen MR) is 188 cm³/mol. The maximum Gasteiger partial charge on any atom is 0.281 e. The number of allylic oxidation sites excluding steroid dienone is 11. The van der Waals surface area contributed by atoms with Gasteiger partial charge >= 0.3 is 0 Å². The lowest BCUT2D eigenvalue weighted by molar-refractivity contribution is -0.259. The summed E-state index contributed by atoms with van der Waals surface area (Å²) in [6.07, 6.45) is 21.0. The Hall–Kier alpha value is -4.48. The van der Waals surface area contributed by atoms with Gasteiger partial charge in [-0.1, -0.05) is 72.9 Å². The van der Waals surface area contributed by atoms with E-state index in [1.165, 1.54) is 46.7 Å². The van der Waals surface area contributed by atoms with Crippen molar-refractivity contribution in [3.05, 3.63) is 103 Å². The first-order valence-electron chi connectivity index (χ1n) is 16.0. The molecule has 3 amide bonds. The number of nitrogens with one attached hydrogen (secondary N) is 1. The van der Waals surface area contributed by atoms with Crippen LogP contribution in [0.5, 0.6) is 0 Å².